The summed E-state index contributed by atoms with van der Waals surface area (Å²) in [7, 11) is 0. The van der Waals surface area contributed by atoms with Crippen LogP contribution in [0.1, 0.15) is 29.0 Å². The number of aromatic hydroxyl groups is 1. The summed E-state index contributed by atoms with van der Waals surface area (Å²) in [6.45, 7) is 0. The van der Waals surface area contributed by atoms with Crippen molar-refractivity contribution < 1.29 is 5.11 Å². The van der Waals surface area contributed by atoms with E-state index in [9.17, 15) is 5.11 Å². The monoisotopic (exact) mass is 449 g/mol. The first kappa shape index (κ1) is 20.0. The molecule has 0 aromatic heterocycles. The summed E-state index contributed by atoms with van der Waals surface area (Å²) in [5.41, 5.74) is 5.31. The van der Waals surface area contributed by atoms with Gasteiger partial charge < -0.3 is 5.11 Å². The topological polar surface area (TPSA) is 32.6 Å². The fraction of sp³-hybridized carbons (Fsp3) is 0.0606. The van der Waals surface area contributed by atoms with Gasteiger partial charge in [0.2, 0.25) is 0 Å². The van der Waals surface area contributed by atoms with Crippen molar-refractivity contribution in [3.05, 3.63) is 132 Å². The van der Waals surface area contributed by atoms with Gasteiger partial charge in [0.25, 0.3) is 0 Å². The first-order valence-electron chi connectivity index (χ1n) is 12.1. The second-order valence-corrected chi connectivity index (χ2v) is 9.29. The number of hydrogen-bond donors (Lipinski definition) is 1. The molecular weight excluding hydrogens is 426 g/mol. The zero-order valence-corrected chi connectivity index (χ0v) is 19.1. The first-order chi connectivity index (χ1) is 17.3. The molecule has 0 unspecified atom stereocenters. The Morgan fingerprint density at radius 3 is 2.09 bits per heavy atom. The standard InChI is InChI=1S/C33H23NO/c35-30-13-7-6-12-26(30)27-20-29(22-9-2-1-3-10-22)34-28-19-18-24-17-16-23-15-14-21-8-4-5-11-25(21)31(23)32(24)33(27)28/h1-19,27,35H,20H2/t27-/m1/s1. The van der Waals surface area contributed by atoms with E-state index in [-0.39, 0.29) is 5.92 Å². The van der Waals surface area contributed by atoms with E-state index in [0.29, 0.717) is 5.75 Å². The third-order valence-corrected chi connectivity index (χ3v) is 7.33. The number of nitrogens with zero attached hydrogens (tertiary/aromatic N) is 1. The van der Waals surface area contributed by atoms with Crippen LogP contribution in [-0.2, 0) is 0 Å². The van der Waals surface area contributed by atoms with Crippen LogP contribution >= 0.6 is 0 Å². The number of benzene rings is 6. The Hall–Kier alpha value is -4.43. The fourth-order valence-electron chi connectivity index (χ4n) is 5.73. The molecule has 1 heterocycles. The van der Waals surface area contributed by atoms with Crippen molar-refractivity contribution >= 4 is 43.7 Å². The van der Waals surface area contributed by atoms with Gasteiger partial charge in [0.15, 0.2) is 0 Å². The Morgan fingerprint density at radius 1 is 0.600 bits per heavy atom. The maximum atomic E-state index is 11.0. The van der Waals surface area contributed by atoms with E-state index in [1.54, 1.807) is 6.07 Å². The summed E-state index contributed by atoms with van der Waals surface area (Å²) in [4.78, 5) is 5.19. The van der Waals surface area contributed by atoms with Gasteiger partial charge in [-0.05, 0) is 55.6 Å². The maximum absolute atomic E-state index is 11.0. The Morgan fingerprint density at radius 2 is 1.26 bits per heavy atom. The van der Waals surface area contributed by atoms with E-state index < -0.39 is 0 Å². The van der Waals surface area contributed by atoms with Crippen molar-refractivity contribution in [3.63, 3.8) is 0 Å². The normalized spacial score (nSPS) is 15.3. The van der Waals surface area contributed by atoms with Crippen molar-refractivity contribution in [3.8, 4) is 5.75 Å². The highest BCUT2D eigenvalue weighted by atomic mass is 16.3. The number of phenols is 1. The van der Waals surface area contributed by atoms with Crippen LogP contribution in [0.25, 0.3) is 32.3 Å². The van der Waals surface area contributed by atoms with Gasteiger partial charge in [-0.2, -0.15) is 0 Å². The van der Waals surface area contributed by atoms with Gasteiger partial charge in [0, 0.05) is 23.6 Å². The lowest BCUT2D eigenvalue weighted by Crippen LogP contribution is -2.15. The SMILES string of the molecule is Oc1ccccc1[C@H]1CC(c2ccccc2)=Nc2ccc3ccc4ccc5ccccc5c4c3c21. The molecule has 1 aliphatic rings. The van der Waals surface area contributed by atoms with Crippen LogP contribution in [0.4, 0.5) is 5.69 Å². The van der Waals surface area contributed by atoms with E-state index in [2.05, 4.69) is 91.0 Å². The minimum absolute atomic E-state index is 0.00725. The summed E-state index contributed by atoms with van der Waals surface area (Å²) in [5, 5.41) is 18.4. The van der Waals surface area contributed by atoms with Crippen LogP contribution in [0.2, 0.25) is 0 Å². The molecule has 6 aromatic rings. The van der Waals surface area contributed by atoms with E-state index >= 15 is 0 Å². The molecule has 166 valence electrons. The molecule has 1 N–H and O–H groups in total. The summed E-state index contributed by atoms with van der Waals surface area (Å²) < 4.78 is 0. The molecule has 6 aromatic carbocycles. The van der Waals surface area contributed by atoms with E-state index in [4.69, 9.17) is 4.99 Å². The van der Waals surface area contributed by atoms with Crippen molar-refractivity contribution in [2.24, 2.45) is 4.99 Å². The lowest BCUT2D eigenvalue weighted by atomic mass is 9.78. The van der Waals surface area contributed by atoms with E-state index in [0.717, 1.165) is 28.9 Å². The van der Waals surface area contributed by atoms with Crippen LogP contribution in [0.5, 0.6) is 5.75 Å². The number of phenolic OH excluding ortho intramolecular Hbond substituents is 1. The molecular formula is C33H23NO. The second-order valence-electron chi connectivity index (χ2n) is 9.29. The molecule has 0 saturated carbocycles. The van der Waals surface area contributed by atoms with Gasteiger partial charge in [-0.25, -0.2) is 0 Å². The largest absolute Gasteiger partial charge is 0.508 e. The Bertz CT molecular complexity index is 1780. The Balaban J connectivity index is 1.63. The molecule has 0 radical (unpaired) electrons. The molecule has 0 bridgehead atoms. The minimum Gasteiger partial charge on any atom is -0.508 e. The zero-order chi connectivity index (χ0) is 23.4. The number of para-hydroxylation sites is 1. The molecule has 1 atom stereocenters. The van der Waals surface area contributed by atoms with Crippen LogP contribution in [0.15, 0.2) is 120 Å². The van der Waals surface area contributed by atoms with Crippen LogP contribution in [0.3, 0.4) is 0 Å². The molecule has 0 spiro atoms. The third-order valence-electron chi connectivity index (χ3n) is 7.33. The number of aliphatic imine (C=N–C) groups is 1. The Kier molecular flexibility index (Phi) is 4.46. The lowest BCUT2D eigenvalue weighted by molar-refractivity contribution is 0.465. The Labute approximate surface area is 203 Å². The van der Waals surface area contributed by atoms with Gasteiger partial charge >= 0.3 is 0 Å². The van der Waals surface area contributed by atoms with Crippen LogP contribution in [-0.4, -0.2) is 10.8 Å². The highest BCUT2D eigenvalue weighted by Gasteiger charge is 2.29. The molecule has 0 fully saturated rings. The molecule has 35 heavy (non-hydrogen) atoms. The zero-order valence-electron chi connectivity index (χ0n) is 19.1. The van der Waals surface area contributed by atoms with Gasteiger partial charge in [-0.15, -0.1) is 0 Å². The van der Waals surface area contributed by atoms with Crippen molar-refractivity contribution in [1.82, 2.24) is 0 Å². The predicted molar refractivity (Wildman–Crippen MR) is 146 cm³/mol. The second kappa shape index (κ2) is 7.82. The molecule has 0 aliphatic carbocycles. The molecule has 0 amide bonds. The number of rotatable bonds is 2. The quantitative estimate of drug-likeness (QED) is 0.264. The highest BCUT2D eigenvalue weighted by molar-refractivity contribution is 6.22. The van der Waals surface area contributed by atoms with E-state index in [1.165, 1.54) is 37.9 Å². The van der Waals surface area contributed by atoms with E-state index in [1.807, 2.05) is 18.2 Å². The average Bonchev–Trinajstić information content (AvgIpc) is 2.92. The van der Waals surface area contributed by atoms with Crippen LogP contribution < -0.4 is 0 Å². The van der Waals surface area contributed by atoms with Gasteiger partial charge in [0.1, 0.15) is 5.75 Å². The smallest absolute Gasteiger partial charge is 0.119 e. The summed E-state index contributed by atoms with van der Waals surface area (Å²) in [6.07, 6.45) is 0.731. The molecule has 2 heteroatoms. The van der Waals surface area contributed by atoms with Gasteiger partial charge in [-0.3, -0.25) is 4.99 Å². The lowest BCUT2D eigenvalue weighted by Gasteiger charge is -2.28. The third kappa shape index (κ3) is 3.14. The molecule has 1 aliphatic heterocycles. The van der Waals surface area contributed by atoms with Gasteiger partial charge in [-0.1, -0.05) is 103 Å². The van der Waals surface area contributed by atoms with Gasteiger partial charge in [0.05, 0.1) is 5.69 Å². The maximum Gasteiger partial charge on any atom is 0.119 e. The molecule has 2 nitrogen and oxygen atoms in total. The predicted octanol–water partition coefficient (Wildman–Crippen LogP) is 8.51. The van der Waals surface area contributed by atoms with Crippen molar-refractivity contribution in [1.29, 1.82) is 0 Å². The fourth-order valence-corrected chi connectivity index (χ4v) is 5.73. The number of hydrogen-bond acceptors (Lipinski definition) is 2. The average molecular weight is 450 g/mol. The number of fused-ring (bicyclic) bond motifs is 7. The van der Waals surface area contributed by atoms with Crippen molar-refractivity contribution in [2.75, 3.05) is 0 Å². The van der Waals surface area contributed by atoms with Crippen LogP contribution in [0, 0.1) is 0 Å². The van der Waals surface area contributed by atoms with Crippen molar-refractivity contribution in [2.45, 2.75) is 12.3 Å². The first-order valence-corrected chi connectivity index (χ1v) is 12.1. The molecule has 0 saturated heterocycles. The summed E-state index contributed by atoms with van der Waals surface area (Å²) >= 11 is 0. The summed E-state index contributed by atoms with van der Waals surface area (Å²) in [6, 6.07) is 39.9. The minimum atomic E-state index is -0.00725. The molecule has 7 rings (SSSR count). The highest BCUT2D eigenvalue weighted by Crippen LogP contribution is 2.48. The summed E-state index contributed by atoms with van der Waals surface area (Å²) in [5.74, 6) is 0.326.